The molecule has 0 aliphatic rings. The Morgan fingerprint density at radius 3 is 2.55 bits per heavy atom. The minimum atomic E-state index is -0.284. The number of aromatic nitrogens is 1. The fourth-order valence-corrected chi connectivity index (χ4v) is 2.74. The highest BCUT2D eigenvalue weighted by Gasteiger charge is 2.22. The Kier molecular flexibility index (Phi) is 3.98. The molecule has 0 N–H and O–H groups in total. The van der Waals surface area contributed by atoms with Crippen molar-refractivity contribution in [1.29, 1.82) is 0 Å². The van der Waals surface area contributed by atoms with Crippen LogP contribution in [0.1, 0.15) is 36.8 Å². The monoisotopic (exact) mass is 271 g/mol. The topological polar surface area (TPSA) is 31.2 Å². The SMILES string of the molecule is COC(=O)c1c(/C(C)=C/C(C)C)n(C)c2ccccc12. The number of rotatable bonds is 3. The molecule has 0 amide bonds. The Balaban J connectivity index is 2.81. The molecule has 0 aliphatic heterocycles. The highest BCUT2D eigenvalue weighted by atomic mass is 16.5. The number of carbonyl (C=O) groups is 1. The molecule has 0 bridgehead atoms. The van der Waals surface area contributed by atoms with E-state index in [4.69, 9.17) is 4.74 Å². The number of fused-ring (bicyclic) bond motifs is 1. The van der Waals surface area contributed by atoms with Crippen LogP contribution in [-0.2, 0) is 11.8 Å². The van der Waals surface area contributed by atoms with E-state index >= 15 is 0 Å². The molecule has 1 aromatic carbocycles. The van der Waals surface area contributed by atoms with Gasteiger partial charge in [0.15, 0.2) is 0 Å². The minimum absolute atomic E-state index is 0.284. The van der Waals surface area contributed by atoms with Crippen molar-refractivity contribution in [3.05, 3.63) is 41.6 Å². The lowest BCUT2D eigenvalue weighted by atomic mass is 10.0. The Morgan fingerprint density at radius 1 is 1.30 bits per heavy atom. The molecule has 2 aromatic rings. The van der Waals surface area contributed by atoms with Gasteiger partial charge in [0.05, 0.1) is 18.4 Å². The second-order valence-electron chi connectivity index (χ2n) is 5.39. The van der Waals surface area contributed by atoms with Crippen molar-refractivity contribution < 1.29 is 9.53 Å². The highest BCUT2D eigenvalue weighted by molar-refractivity contribution is 6.08. The summed E-state index contributed by atoms with van der Waals surface area (Å²) in [5.74, 6) is 0.145. The van der Waals surface area contributed by atoms with Crippen LogP contribution in [-0.4, -0.2) is 17.6 Å². The molecule has 1 aromatic heterocycles. The summed E-state index contributed by atoms with van der Waals surface area (Å²) < 4.78 is 7.04. The van der Waals surface area contributed by atoms with E-state index in [-0.39, 0.29) is 5.97 Å². The number of carbonyl (C=O) groups excluding carboxylic acids is 1. The molecule has 2 rings (SSSR count). The van der Waals surface area contributed by atoms with Gasteiger partial charge in [-0.3, -0.25) is 0 Å². The van der Waals surface area contributed by atoms with Crippen LogP contribution in [0.25, 0.3) is 16.5 Å². The Morgan fingerprint density at radius 2 is 1.95 bits per heavy atom. The third-order valence-electron chi connectivity index (χ3n) is 3.45. The maximum absolute atomic E-state index is 12.2. The molecule has 1 heterocycles. The fourth-order valence-electron chi connectivity index (χ4n) is 2.74. The maximum atomic E-state index is 12.2. The number of nitrogens with zero attached hydrogens (tertiary/aromatic N) is 1. The smallest absolute Gasteiger partial charge is 0.340 e. The molecule has 0 saturated carbocycles. The maximum Gasteiger partial charge on any atom is 0.340 e. The molecule has 3 nitrogen and oxygen atoms in total. The number of allylic oxidation sites excluding steroid dienone is 2. The van der Waals surface area contributed by atoms with Crippen molar-refractivity contribution in [1.82, 2.24) is 4.57 Å². The van der Waals surface area contributed by atoms with Gasteiger partial charge in [0.2, 0.25) is 0 Å². The minimum Gasteiger partial charge on any atom is -0.465 e. The molecule has 0 fully saturated rings. The zero-order valence-corrected chi connectivity index (χ0v) is 12.7. The quantitative estimate of drug-likeness (QED) is 0.789. The van der Waals surface area contributed by atoms with Crippen LogP contribution in [0, 0.1) is 5.92 Å². The van der Waals surface area contributed by atoms with E-state index in [1.165, 1.54) is 7.11 Å². The Labute approximate surface area is 119 Å². The van der Waals surface area contributed by atoms with Gasteiger partial charge >= 0.3 is 5.97 Å². The summed E-state index contributed by atoms with van der Waals surface area (Å²) in [6.45, 7) is 6.30. The average Bonchev–Trinajstić information content (AvgIpc) is 2.71. The largest absolute Gasteiger partial charge is 0.465 e. The van der Waals surface area contributed by atoms with Gasteiger partial charge in [-0.2, -0.15) is 0 Å². The summed E-state index contributed by atoms with van der Waals surface area (Å²) in [5, 5.41) is 0.938. The van der Waals surface area contributed by atoms with Gasteiger partial charge in [-0.15, -0.1) is 0 Å². The van der Waals surface area contributed by atoms with Gasteiger partial charge in [0.1, 0.15) is 0 Å². The number of benzene rings is 1. The molecule has 3 heteroatoms. The first-order chi connectivity index (χ1) is 9.47. The first-order valence-electron chi connectivity index (χ1n) is 6.81. The second-order valence-corrected chi connectivity index (χ2v) is 5.39. The Hall–Kier alpha value is -2.03. The van der Waals surface area contributed by atoms with Crippen molar-refractivity contribution >= 4 is 22.4 Å². The molecule has 0 radical (unpaired) electrons. The van der Waals surface area contributed by atoms with E-state index in [2.05, 4.69) is 24.5 Å². The molecule has 0 atom stereocenters. The average molecular weight is 271 g/mol. The predicted octanol–water partition coefficient (Wildman–Crippen LogP) is 4.02. The molecular formula is C17H21NO2. The molecule has 0 spiro atoms. The number of hydrogen-bond donors (Lipinski definition) is 0. The standard InChI is InChI=1S/C17H21NO2/c1-11(2)10-12(3)16-15(17(19)20-5)13-8-6-7-9-14(13)18(16)4/h6-11H,1-5H3/b12-10+. The van der Waals surface area contributed by atoms with Crippen molar-refractivity contribution in [3.8, 4) is 0 Å². The first-order valence-corrected chi connectivity index (χ1v) is 6.81. The lowest BCUT2D eigenvalue weighted by molar-refractivity contribution is 0.0602. The number of para-hydroxylation sites is 1. The summed E-state index contributed by atoms with van der Waals surface area (Å²) in [5.41, 5.74) is 3.73. The van der Waals surface area contributed by atoms with Crippen molar-refractivity contribution in [2.75, 3.05) is 7.11 Å². The van der Waals surface area contributed by atoms with Gasteiger partial charge < -0.3 is 9.30 Å². The summed E-state index contributed by atoms with van der Waals surface area (Å²) >= 11 is 0. The lowest BCUT2D eigenvalue weighted by Crippen LogP contribution is -2.06. The third kappa shape index (κ3) is 2.36. The van der Waals surface area contributed by atoms with Crippen LogP contribution in [0.2, 0.25) is 0 Å². The van der Waals surface area contributed by atoms with Crippen molar-refractivity contribution in [2.45, 2.75) is 20.8 Å². The summed E-state index contributed by atoms with van der Waals surface area (Å²) in [6.07, 6.45) is 2.17. The van der Waals surface area contributed by atoms with Gasteiger partial charge in [0.25, 0.3) is 0 Å². The van der Waals surface area contributed by atoms with E-state index in [0.717, 1.165) is 22.2 Å². The zero-order chi connectivity index (χ0) is 14.9. The number of hydrogen-bond acceptors (Lipinski definition) is 2. The summed E-state index contributed by atoms with van der Waals surface area (Å²) in [6, 6.07) is 7.91. The summed E-state index contributed by atoms with van der Waals surface area (Å²) in [7, 11) is 3.41. The third-order valence-corrected chi connectivity index (χ3v) is 3.45. The normalized spacial score (nSPS) is 12.2. The number of ether oxygens (including phenoxy) is 1. The van der Waals surface area contributed by atoms with Gasteiger partial charge in [-0.1, -0.05) is 38.1 Å². The van der Waals surface area contributed by atoms with Gasteiger partial charge in [-0.05, 0) is 24.5 Å². The number of esters is 1. The van der Waals surface area contributed by atoms with Crippen LogP contribution in [0.5, 0.6) is 0 Å². The van der Waals surface area contributed by atoms with Crippen LogP contribution in [0.4, 0.5) is 0 Å². The summed E-state index contributed by atoms with van der Waals surface area (Å²) in [4.78, 5) is 12.2. The Bertz CT molecular complexity index is 678. The molecule has 0 unspecified atom stereocenters. The van der Waals surface area contributed by atoms with Crippen molar-refractivity contribution in [2.24, 2.45) is 13.0 Å². The molecule has 106 valence electrons. The molecule has 0 aliphatic carbocycles. The first kappa shape index (κ1) is 14.4. The van der Waals surface area contributed by atoms with E-state index in [0.29, 0.717) is 11.5 Å². The van der Waals surface area contributed by atoms with Gasteiger partial charge in [-0.25, -0.2) is 4.79 Å². The van der Waals surface area contributed by atoms with Crippen LogP contribution in [0.3, 0.4) is 0 Å². The predicted molar refractivity (Wildman–Crippen MR) is 82.7 cm³/mol. The van der Waals surface area contributed by atoms with E-state index < -0.39 is 0 Å². The highest BCUT2D eigenvalue weighted by Crippen LogP contribution is 2.31. The lowest BCUT2D eigenvalue weighted by Gasteiger charge is -2.09. The molecule has 0 saturated heterocycles. The van der Waals surface area contributed by atoms with E-state index in [1.807, 2.05) is 38.2 Å². The van der Waals surface area contributed by atoms with Crippen LogP contribution < -0.4 is 0 Å². The van der Waals surface area contributed by atoms with E-state index in [1.54, 1.807) is 0 Å². The molecular weight excluding hydrogens is 250 g/mol. The van der Waals surface area contributed by atoms with Gasteiger partial charge in [0, 0.05) is 18.0 Å². The van der Waals surface area contributed by atoms with Crippen LogP contribution >= 0.6 is 0 Å². The number of aryl methyl sites for hydroxylation is 1. The fraction of sp³-hybridized carbons (Fsp3) is 0.353. The van der Waals surface area contributed by atoms with Crippen LogP contribution in [0.15, 0.2) is 30.3 Å². The zero-order valence-electron chi connectivity index (χ0n) is 12.7. The molecule has 20 heavy (non-hydrogen) atoms. The second kappa shape index (κ2) is 5.53. The van der Waals surface area contributed by atoms with Crippen molar-refractivity contribution in [3.63, 3.8) is 0 Å². The number of methoxy groups -OCH3 is 1. The van der Waals surface area contributed by atoms with E-state index in [9.17, 15) is 4.79 Å².